The van der Waals surface area contributed by atoms with E-state index in [1.165, 1.54) is 5.56 Å². The molecule has 0 aromatic heterocycles. The van der Waals surface area contributed by atoms with Crippen molar-refractivity contribution in [2.75, 3.05) is 19.8 Å². The van der Waals surface area contributed by atoms with Crippen LogP contribution in [0.2, 0.25) is 0 Å². The molecule has 0 atom stereocenters. The molecule has 0 aliphatic carbocycles. The van der Waals surface area contributed by atoms with Crippen molar-refractivity contribution < 1.29 is 9.47 Å². The summed E-state index contributed by atoms with van der Waals surface area (Å²) < 4.78 is 11.1. The van der Waals surface area contributed by atoms with Gasteiger partial charge in [-0.3, -0.25) is 0 Å². The molecule has 0 amide bonds. The van der Waals surface area contributed by atoms with Crippen LogP contribution in [0.1, 0.15) is 39.7 Å². The van der Waals surface area contributed by atoms with Crippen LogP contribution in [0.5, 0.6) is 0 Å². The average Bonchev–Trinajstić information content (AvgIpc) is 2.45. The lowest BCUT2D eigenvalue weighted by Crippen LogP contribution is -2.45. The molecule has 3 nitrogen and oxygen atoms in total. The number of aryl methyl sites for hydroxylation is 1. The molecule has 0 radical (unpaired) electrons. The molecule has 0 aliphatic rings. The monoisotopic (exact) mass is 279 g/mol. The van der Waals surface area contributed by atoms with Crippen LogP contribution < -0.4 is 5.32 Å². The second-order valence-electron chi connectivity index (χ2n) is 5.59. The topological polar surface area (TPSA) is 30.5 Å². The summed E-state index contributed by atoms with van der Waals surface area (Å²) in [6.07, 6.45) is 2.01. The largest absolute Gasteiger partial charge is 0.352 e. The van der Waals surface area contributed by atoms with Crippen molar-refractivity contribution in [3.63, 3.8) is 0 Å². The third kappa shape index (κ3) is 7.04. The molecular formula is C17H29NO2. The van der Waals surface area contributed by atoms with E-state index in [0.717, 1.165) is 19.4 Å². The van der Waals surface area contributed by atoms with Gasteiger partial charge in [-0.05, 0) is 46.1 Å². The quantitative estimate of drug-likeness (QED) is 0.666. The van der Waals surface area contributed by atoms with Crippen molar-refractivity contribution in [2.24, 2.45) is 0 Å². The molecule has 1 N–H and O–H groups in total. The van der Waals surface area contributed by atoms with Crippen LogP contribution in [0.3, 0.4) is 0 Å². The van der Waals surface area contributed by atoms with Gasteiger partial charge < -0.3 is 14.8 Å². The number of ether oxygens (including phenoxy) is 2. The van der Waals surface area contributed by atoms with Crippen LogP contribution in [0.25, 0.3) is 0 Å². The van der Waals surface area contributed by atoms with Crippen LogP contribution >= 0.6 is 0 Å². The van der Waals surface area contributed by atoms with Crippen LogP contribution in [0.15, 0.2) is 30.3 Å². The molecular weight excluding hydrogens is 250 g/mol. The fourth-order valence-corrected chi connectivity index (χ4v) is 2.09. The van der Waals surface area contributed by atoms with Gasteiger partial charge in [0.1, 0.15) is 0 Å². The lowest BCUT2D eigenvalue weighted by molar-refractivity contribution is -0.135. The Morgan fingerprint density at radius 3 is 2.20 bits per heavy atom. The summed E-state index contributed by atoms with van der Waals surface area (Å²) in [6, 6.07) is 10.6. The molecule has 114 valence electrons. The van der Waals surface area contributed by atoms with Gasteiger partial charge in [0.05, 0.1) is 0 Å². The highest BCUT2D eigenvalue weighted by Crippen LogP contribution is 2.13. The van der Waals surface area contributed by atoms with E-state index in [9.17, 15) is 0 Å². The maximum atomic E-state index is 5.56. The molecule has 20 heavy (non-hydrogen) atoms. The van der Waals surface area contributed by atoms with Crippen LogP contribution in [0.4, 0.5) is 0 Å². The third-order valence-electron chi connectivity index (χ3n) is 3.33. The van der Waals surface area contributed by atoms with Gasteiger partial charge in [0.15, 0.2) is 6.29 Å². The van der Waals surface area contributed by atoms with Gasteiger partial charge >= 0.3 is 0 Å². The first-order valence-corrected chi connectivity index (χ1v) is 7.59. The van der Waals surface area contributed by atoms with Crippen molar-refractivity contribution >= 4 is 0 Å². The van der Waals surface area contributed by atoms with Gasteiger partial charge in [-0.15, -0.1) is 0 Å². The summed E-state index contributed by atoms with van der Waals surface area (Å²) >= 11 is 0. The standard InChI is InChI=1S/C17H29NO2/c1-5-19-16(20-6-2)14-18-17(3,4)13-12-15-10-8-7-9-11-15/h7-11,16,18H,5-6,12-14H2,1-4H3. The van der Waals surface area contributed by atoms with Crippen molar-refractivity contribution in [3.8, 4) is 0 Å². The normalized spacial score (nSPS) is 12.1. The highest BCUT2D eigenvalue weighted by molar-refractivity contribution is 5.15. The number of hydrogen-bond donors (Lipinski definition) is 1. The molecule has 0 bridgehead atoms. The summed E-state index contributed by atoms with van der Waals surface area (Å²) in [6.45, 7) is 10.5. The zero-order valence-electron chi connectivity index (χ0n) is 13.3. The van der Waals surface area contributed by atoms with E-state index in [1.807, 2.05) is 13.8 Å². The van der Waals surface area contributed by atoms with Gasteiger partial charge in [-0.1, -0.05) is 30.3 Å². The zero-order chi connectivity index (χ0) is 14.8. The van der Waals surface area contributed by atoms with Gasteiger partial charge in [0.25, 0.3) is 0 Å². The Morgan fingerprint density at radius 1 is 1.05 bits per heavy atom. The highest BCUT2D eigenvalue weighted by Gasteiger charge is 2.19. The lowest BCUT2D eigenvalue weighted by atomic mass is 9.95. The molecule has 0 unspecified atom stereocenters. The Bertz CT molecular complexity index is 345. The van der Waals surface area contributed by atoms with Crippen LogP contribution in [-0.4, -0.2) is 31.6 Å². The Hall–Kier alpha value is -0.900. The first-order chi connectivity index (χ1) is 9.57. The van der Waals surface area contributed by atoms with Gasteiger partial charge in [0.2, 0.25) is 0 Å². The second kappa shape index (κ2) is 9.11. The smallest absolute Gasteiger partial charge is 0.169 e. The van der Waals surface area contributed by atoms with Crippen molar-refractivity contribution in [3.05, 3.63) is 35.9 Å². The molecule has 0 spiro atoms. The first-order valence-electron chi connectivity index (χ1n) is 7.59. The third-order valence-corrected chi connectivity index (χ3v) is 3.33. The number of hydrogen-bond acceptors (Lipinski definition) is 3. The molecule has 0 saturated heterocycles. The predicted molar refractivity (Wildman–Crippen MR) is 83.9 cm³/mol. The Morgan fingerprint density at radius 2 is 1.65 bits per heavy atom. The number of benzene rings is 1. The summed E-state index contributed by atoms with van der Waals surface area (Å²) in [5.74, 6) is 0. The zero-order valence-corrected chi connectivity index (χ0v) is 13.3. The van der Waals surface area contributed by atoms with E-state index in [-0.39, 0.29) is 11.8 Å². The molecule has 0 fully saturated rings. The number of rotatable bonds is 10. The maximum Gasteiger partial charge on any atom is 0.169 e. The van der Waals surface area contributed by atoms with E-state index >= 15 is 0 Å². The first kappa shape index (κ1) is 17.2. The fourth-order valence-electron chi connectivity index (χ4n) is 2.09. The van der Waals surface area contributed by atoms with Gasteiger partial charge in [0, 0.05) is 25.3 Å². The maximum absolute atomic E-state index is 5.56. The van der Waals surface area contributed by atoms with Crippen molar-refractivity contribution in [2.45, 2.75) is 52.4 Å². The van der Waals surface area contributed by atoms with E-state index in [0.29, 0.717) is 13.2 Å². The van der Waals surface area contributed by atoms with Gasteiger partial charge in [-0.2, -0.15) is 0 Å². The molecule has 0 aliphatic heterocycles. The molecule has 0 saturated carbocycles. The summed E-state index contributed by atoms with van der Waals surface area (Å²) in [4.78, 5) is 0. The lowest BCUT2D eigenvalue weighted by Gasteiger charge is -2.29. The Kier molecular flexibility index (Phi) is 7.82. The highest BCUT2D eigenvalue weighted by atomic mass is 16.7. The Labute approximate surface area is 123 Å². The van der Waals surface area contributed by atoms with E-state index in [1.54, 1.807) is 0 Å². The fraction of sp³-hybridized carbons (Fsp3) is 0.647. The molecule has 1 aromatic carbocycles. The molecule has 0 heterocycles. The number of nitrogens with one attached hydrogen (secondary N) is 1. The minimum atomic E-state index is -0.152. The SMILES string of the molecule is CCOC(CNC(C)(C)CCc1ccccc1)OCC. The van der Waals surface area contributed by atoms with Crippen molar-refractivity contribution in [1.82, 2.24) is 5.32 Å². The molecule has 1 rings (SSSR count). The summed E-state index contributed by atoms with van der Waals surface area (Å²) in [7, 11) is 0. The van der Waals surface area contributed by atoms with E-state index in [2.05, 4.69) is 49.5 Å². The van der Waals surface area contributed by atoms with Crippen LogP contribution in [0, 0.1) is 0 Å². The second-order valence-corrected chi connectivity index (χ2v) is 5.59. The van der Waals surface area contributed by atoms with Crippen molar-refractivity contribution in [1.29, 1.82) is 0 Å². The predicted octanol–water partition coefficient (Wildman–Crippen LogP) is 3.39. The summed E-state index contributed by atoms with van der Waals surface area (Å²) in [5, 5.41) is 3.55. The molecule has 1 aromatic rings. The van der Waals surface area contributed by atoms with E-state index < -0.39 is 0 Å². The Balaban J connectivity index is 2.36. The average molecular weight is 279 g/mol. The minimum Gasteiger partial charge on any atom is -0.352 e. The summed E-state index contributed by atoms with van der Waals surface area (Å²) in [5.41, 5.74) is 1.45. The van der Waals surface area contributed by atoms with E-state index in [4.69, 9.17) is 9.47 Å². The minimum absolute atomic E-state index is 0.0717. The van der Waals surface area contributed by atoms with Gasteiger partial charge in [-0.25, -0.2) is 0 Å². The van der Waals surface area contributed by atoms with Crippen LogP contribution in [-0.2, 0) is 15.9 Å². The molecule has 3 heteroatoms.